The highest BCUT2D eigenvalue weighted by Gasteiger charge is 2.40. The number of hydrazone groups is 1. The quantitative estimate of drug-likeness (QED) is 0.321. The van der Waals surface area contributed by atoms with Crippen molar-refractivity contribution in [3.05, 3.63) is 108 Å². The third kappa shape index (κ3) is 4.50. The Balaban J connectivity index is 1.77. The molecule has 0 saturated carbocycles. The Morgan fingerprint density at radius 3 is 2.54 bits per heavy atom. The van der Waals surface area contributed by atoms with E-state index in [1.54, 1.807) is 43.8 Å². The standard InChI is InChI=1S/C27H26FN5O2/c1-5-6-22-23(13-19-7-12-24(25(14-19)35-4)32-15-17(2)30-16-32)27(34)33(26(22)31-29)18(3)20-8-10-21(28)11-9-20/h5-16,18H,1,29H2,2-4H3/b22-6-,23-13+,31-26+. The summed E-state index contributed by atoms with van der Waals surface area (Å²) in [5.41, 5.74) is 4.19. The molecule has 1 unspecified atom stereocenters. The number of methoxy groups -OCH3 is 1. The zero-order chi connectivity index (χ0) is 25.1. The van der Waals surface area contributed by atoms with E-state index in [4.69, 9.17) is 10.6 Å². The summed E-state index contributed by atoms with van der Waals surface area (Å²) in [5.74, 6) is 6.06. The molecule has 1 fully saturated rings. The van der Waals surface area contributed by atoms with Crippen LogP contribution in [0.1, 0.15) is 29.8 Å². The fraction of sp³-hybridized carbons (Fsp3) is 0.148. The van der Waals surface area contributed by atoms with E-state index in [-0.39, 0.29) is 11.7 Å². The monoisotopic (exact) mass is 471 g/mol. The minimum atomic E-state index is -0.425. The zero-order valence-corrected chi connectivity index (χ0v) is 19.8. The maximum absolute atomic E-state index is 13.6. The highest BCUT2D eigenvalue weighted by atomic mass is 19.1. The van der Waals surface area contributed by atoms with Gasteiger partial charge in [-0.15, -0.1) is 0 Å². The SMILES string of the molecule is C=C/C=C1C(=C\c2ccc(-n3cnc(C)c3)c(OC)c2)/C(=O)N(C(C)c2ccc(F)cc2)C/1=N/N. The average Bonchev–Trinajstić information content (AvgIpc) is 3.40. The van der Waals surface area contributed by atoms with Gasteiger partial charge in [-0.25, -0.2) is 9.37 Å². The van der Waals surface area contributed by atoms with E-state index in [9.17, 15) is 9.18 Å². The number of likely N-dealkylation sites (tertiary alicyclic amines) is 1. The van der Waals surface area contributed by atoms with Gasteiger partial charge in [0, 0.05) is 11.8 Å². The van der Waals surface area contributed by atoms with E-state index in [1.165, 1.54) is 17.0 Å². The maximum Gasteiger partial charge on any atom is 0.260 e. The average molecular weight is 472 g/mol. The summed E-state index contributed by atoms with van der Waals surface area (Å²) in [7, 11) is 1.59. The number of amidine groups is 1. The smallest absolute Gasteiger partial charge is 0.260 e. The molecule has 1 aliphatic rings. The van der Waals surface area contributed by atoms with Gasteiger partial charge in [0.05, 0.1) is 36.4 Å². The van der Waals surface area contributed by atoms with Crippen molar-refractivity contribution in [2.75, 3.05) is 7.11 Å². The Kier molecular flexibility index (Phi) is 6.64. The number of halogens is 1. The molecule has 1 aliphatic heterocycles. The van der Waals surface area contributed by atoms with Crippen LogP contribution >= 0.6 is 0 Å². The molecule has 2 N–H and O–H groups in total. The van der Waals surface area contributed by atoms with E-state index in [2.05, 4.69) is 16.7 Å². The second-order valence-corrected chi connectivity index (χ2v) is 8.08. The molecule has 1 atom stereocenters. The van der Waals surface area contributed by atoms with Crippen LogP contribution in [-0.2, 0) is 4.79 Å². The van der Waals surface area contributed by atoms with E-state index in [0.717, 1.165) is 22.5 Å². The van der Waals surface area contributed by atoms with Crippen LogP contribution in [0.3, 0.4) is 0 Å². The van der Waals surface area contributed by atoms with Crippen molar-refractivity contribution in [3.63, 3.8) is 0 Å². The number of aryl methyl sites for hydroxylation is 1. The van der Waals surface area contributed by atoms with Crippen LogP contribution in [0.25, 0.3) is 11.8 Å². The minimum Gasteiger partial charge on any atom is -0.495 e. The van der Waals surface area contributed by atoms with Crippen LogP contribution in [0.2, 0.25) is 0 Å². The second kappa shape index (κ2) is 9.80. The molecular weight excluding hydrogens is 445 g/mol. The topological polar surface area (TPSA) is 85.7 Å². The van der Waals surface area contributed by atoms with Gasteiger partial charge in [0.1, 0.15) is 11.6 Å². The van der Waals surface area contributed by atoms with E-state index in [1.807, 2.05) is 42.8 Å². The summed E-state index contributed by atoms with van der Waals surface area (Å²) >= 11 is 0. The molecule has 7 nitrogen and oxygen atoms in total. The van der Waals surface area contributed by atoms with Crippen LogP contribution in [0.15, 0.2) is 90.0 Å². The van der Waals surface area contributed by atoms with Crippen LogP contribution in [0.5, 0.6) is 5.75 Å². The molecule has 35 heavy (non-hydrogen) atoms. The van der Waals surface area contributed by atoms with Gasteiger partial charge in [-0.2, -0.15) is 5.10 Å². The summed E-state index contributed by atoms with van der Waals surface area (Å²) in [4.78, 5) is 19.4. The number of nitrogens with two attached hydrogens (primary N) is 1. The second-order valence-electron chi connectivity index (χ2n) is 8.08. The fourth-order valence-corrected chi connectivity index (χ4v) is 4.11. The van der Waals surface area contributed by atoms with Crippen LogP contribution < -0.4 is 10.6 Å². The normalized spacial score (nSPS) is 18.0. The molecule has 1 amide bonds. The molecule has 3 aromatic rings. The van der Waals surface area contributed by atoms with Crippen molar-refractivity contribution >= 4 is 17.8 Å². The van der Waals surface area contributed by atoms with Gasteiger partial charge in [-0.05, 0) is 55.3 Å². The minimum absolute atomic E-state index is 0.271. The molecule has 0 spiro atoms. The number of hydrogen-bond donors (Lipinski definition) is 1. The van der Waals surface area contributed by atoms with Crippen molar-refractivity contribution in [1.29, 1.82) is 0 Å². The number of allylic oxidation sites excluding steroid dienone is 2. The summed E-state index contributed by atoms with van der Waals surface area (Å²) < 4.78 is 20.9. The van der Waals surface area contributed by atoms with E-state index >= 15 is 0 Å². The maximum atomic E-state index is 13.6. The van der Waals surface area contributed by atoms with Gasteiger partial charge in [0.25, 0.3) is 5.91 Å². The van der Waals surface area contributed by atoms with Crippen molar-refractivity contribution in [2.24, 2.45) is 10.9 Å². The molecule has 0 radical (unpaired) electrons. The lowest BCUT2D eigenvalue weighted by atomic mass is 10.0. The Morgan fingerprint density at radius 1 is 1.20 bits per heavy atom. The Morgan fingerprint density at radius 2 is 1.94 bits per heavy atom. The van der Waals surface area contributed by atoms with Crippen molar-refractivity contribution in [2.45, 2.75) is 19.9 Å². The summed E-state index contributed by atoms with van der Waals surface area (Å²) in [6, 6.07) is 11.2. The van der Waals surface area contributed by atoms with Crippen molar-refractivity contribution < 1.29 is 13.9 Å². The number of imidazole rings is 1. The number of rotatable bonds is 6. The molecule has 0 aliphatic carbocycles. The van der Waals surface area contributed by atoms with Gasteiger partial charge in [0.15, 0.2) is 5.84 Å². The lowest BCUT2D eigenvalue weighted by Crippen LogP contribution is -2.33. The van der Waals surface area contributed by atoms with E-state index in [0.29, 0.717) is 22.7 Å². The lowest BCUT2D eigenvalue weighted by Gasteiger charge is -2.24. The van der Waals surface area contributed by atoms with Gasteiger partial charge in [-0.3, -0.25) is 9.69 Å². The third-order valence-corrected chi connectivity index (χ3v) is 5.86. The molecule has 2 aromatic carbocycles. The van der Waals surface area contributed by atoms with Crippen LogP contribution in [0.4, 0.5) is 4.39 Å². The highest BCUT2D eigenvalue weighted by molar-refractivity contribution is 6.28. The van der Waals surface area contributed by atoms with Crippen LogP contribution in [0, 0.1) is 12.7 Å². The van der Waals surface area contributed by atoms with Gasteiger partial charge >= 0.3 is 0 Å². The first-order valence-corrected chi connectivity index (χ1v) is 11.0. The number of nitrogens with zero attached hydrogens (tertiary/aromatic N) is 4. The first-order valence-electron chi connectivity index (χ1n) is 11.0. The molecule has 1 saturated heterocycles. The molecular formula is C27H26FN5O2. The Bertz CT molecular complexity index is 1370. The number of amides is 1. The van der Waals surface area contributed by atoms with Gasteiger partial charge in [0.2, 0.25) is 0 Å². The predicted octanol–water partition coefficient (Wildman–Crippen LogP) is 4.70. The molecule has 178 valence electrons. The number of aromatic nitrogens is 2. The number of carbonyl (C=O) groups is 1. The first kappa shape index (κ1) is 23.7. The first-order chi connectivity index (χ1) is 16.9. The highest BCUT2D eigenvalue weighted by Crippen LogP contribution is 2.35. The van der Waals surface area contributed by atoms with Crippen molar-refractivity contribution in [1.82, 2.24) is 14.5 Å². The number of ether oxygens (including phenoxy) is 1. The molecule has 0 bridgehead atoms. The van der Waals surface area contributed by atoms with Crippen molar-refractivity contribution in [3.8, 4) is 11.4 Å². The van der Waals surface area contributed by atoms with Gasteiger partial charge < -0.3 is 15.1 Å². The zero-order valence-electron chi connectivity index (χ0n) is 19.8. The lowest BCUT2D eigenvalue weighted by molar-refractivity contribution is -0.123. The predicted molar refractivity (Wildman–Crippen MR) is 134 cm³/mol. The number of benzene rings is 2. The summed E-state index contributed by atoms with van der Waals surface area (Å²) in [6.45, 7) is 7.53. The van der Waals surface area contributed by atoms with Crippen LogP contribution in [-0.4, -0.2) is 33.3 Å². The molecule has 4 rings (SSSR count). The van der Waals surface area contributed by atoms with Gasteiger partial charge in [-0.1, -0.05) is 36.9 Å². The Labute approximate surface area is 203 Å². The Hall–Kier alpha value is -4.46. The largest absolute Gasteiger partial charge is 0.495 e. The molecule has 2 heterocycles. The fourth-order valence-electron chi connectivity index (χ4n) is 4.11. The number of hydrogen-bond acceptors (Lipinski definition) is 5. The third-order valence-electron chi connectivity index (χ3n) is 5.86. The van der Waals surface area contributed by atoms with E-state index < -0.39 is 6.04 Å². The number of carbonyl (C=O) groups excluding carboxylic acids is 1. The summed E-state index contributed by atoms with van der Waals surface area (Å²) in [6.07, 6.45) is 8.67. The summed E-state index contributed by atoms with van der Waals surface area (Å²) in [5, 5.41) is 3.92. The molecule has 1 aromatic heterocycles. The molecule has 8 heteroatoms.